The van der Waals surface area contributed by atoms with Crippen LogP contribution in [0.2, 0.25) is 0 Å². The first kappa shape index (κ1) is 13.6. The Morgan fingerprint density at radius 2 is 2.00 bits per heavy atom. The maximum Gasteiger partial charge on any atom is 0.223 e. The van der Waals surface area contributed by atoms with E-state index in [-0.39, 0.29) is 11.8 Å². The molecule has 1 aromatic rings. The molecule has 0 radical (unpaired) electrons. The van der Waals surface area contributed by atoms with Crippen LogP contribution in [0, 0.1) is 5.92 Å². The molecule has 1 amide bonds. The molecular weight excluding hydrogens is 214 g/mol. The van der Waals surface area contributed by atoms with Crippen molar-refractivity contribution in [3.05, 3.63) is 29.8 Å². The van der Waals surface area contributed by atoms with E-state index in [9.17, 15) is 4.79 Å². The lowest BCUT2D eigenvalue weighted by atomic mass is 10.1. The fourth-order valence-electron chi connectivity index (χ4n) is 1.67. The van der Waals surface area contributed by atoms with E-state index in [0.29, 0.717) is 6.54 Å². The second-order valence-corrected chi connectivity index (χ2v) is 4.26. The number of hydrogen-bond acceptors (Lipinski definition) is 2. The number of amides is 1. The summed E-state index contributed by atoms with van der Waals surface area (Å²) in [4.78, 5) is 11.7. The number of carbonyl (C=O) groups is 1. The summed E-state index contributed by atoms with van der Waals surface area (Å²) < 4.78 is 5.08. The molecule has 0 aromatic heterocycles. The van der Waals surface area contributed by atoms with Crippen molar-refractivity contribution in [1.82, 2.24) is 5.32 Å². The minimum absolute atomic E-state index is 0.0956. The van der Waals surface area contributed by atoms with Gasteiger partial charge in [0.1, 0.15) is 5.75 Å². The molecule has 0 heterocycles. The third-order valence-corrected chi connectivity index (χ3v) is 2.80. The average molecular weight is 235 g/mol. The highest BCUT2D eigenvalue weighted by Gasteiger charge is 2.10. The van der Waals surface area contributed by atoms with Gasteiger partial charge in [0.25, 0.3) is 0 Å². The first-order chi connectivity index (χ1) is 8.17. The molecule has 0 aliphatic heterocycles. The average Bonchev–Trinajstić information content (AvgIpc) is 2.36. The van der Waals surface area contributed by atoms with E-state index in [1.807, 2.05) is 31.2 Å². The molecular formula is C14H21NO2. The standard InChI is InChI=1S/C14H21NO2/c1-4-5-11(2)14(16)15-10-12-6-8-13(17-3)9-7-12/h6-9,11H,4-5,10H2,1-3H3,(H,15,16). The van der Waals surface area contributed by atoms with Gasteiger partial charge in [0.15, 0.2) is 0 Å². The van der Waals surface area contributed by atoms with Crippen LogP contribution in [-0.2, 0) is 11.3 Å². The van der Waals surface area contributed by atoms with Crippen LogP contribution in [0.1, 0.15) is 32.3 Å². The van der Waals surface area contributed by atoms with Crippen LogP contribution >= 0.6 is 0 Å². The molecule has 94 valence electrons. The summed E-state index contributed by atoms with van der Waals surface area (Å²) >= 11 is 0. The highest BCUT2D eigenvalue weighted by Crippen LogP contribution is 2.11. The topological polar surface area (TPSA) is 38.3 Å². The Hall–Kier alpha value is -1.51. The van der Waals surface area contributed by atoms with E-state index in [4.69, 9.17) is 4.74 Å². The van der Waals surface area contributed by atoms with Gasteiger partial charge in [0, 0.05) is 12.5 Å². The van der Waals surface area contributed by atoms with Crippen molar-refractivity contribution in [1.29, 1.82) is 0 Å². The van der Waals surface area contributed by atoms with Crippen LogP contribution in [0.5, 0.6) is 5.75 Å². The second kappa shape index (κ2) is 6.94. The third-order valence-electron chi connectivity index (χ3n) is 2.80. The highest BCUT2D eigenvalue weighted by molar-refractivity contribution is 5.78. The summed E-state index contributed by atoms with van der Waals surface area (Å²) in [6.45, 7) is 4.64. The number of methoxy groups -OCH3 is 1. The van der Waals surface area contributed by atoms with Crippen LogP contribution < -0.4 is 10.1 Å². The van der Waals surface area contributed by atoms with Gasteiger partial charge in [-0.25, -0.2) is 0 Å². The van der Waals surface area contributed by atoms with Crippen molar-refractivity contribution in [3.63, 3.8) is 0 Å². The Bertz CT molecular complexity index is 346. The van der Waals surface area contributed by atoms with Gasteiger partial charge in [-0.3, -0.25) is 4.79 Å². The second-order valence-electron chi connectivity index (χ2n) is 4.26. The Morgan fingerprint density at radius 3 is 2.53 bits per heavy atom. The number of nitrogens with one attached hydrogen (secondary N) is 1. The fraction of sp³-hybridized carbons (Fsp3) is 0.500. The molecule has 1 atom stereocenters. The molecule has 3 nitrogen and oxygen atoms in total. The van der Waals surface area contributed by atoms with Crippen molar-refractivity contribution in [2.24, 2.45) is 5.92 Å². The smallest absolute Gasteiger partial charge is 0.223 e. The lowest BCUT2D eigenvalue weighted by Crippen LogP contribution is -2.28. The lowest BCUT2D eigenvalue weighted by Gasteiger charge is -2.11. The normalized spacial score (nSPS) is 11.9. The van der Waals surface area contributed by atoms with Gasteiger partial charge < -0.3 is 10.1 Å². The summed E-state index contributed by atoms with van der Waals surface area (Å²) in [5.74, 6) is 1.06. The zero-order valence-corrected chi connectivity index (χ0v) is 10.8. The molecule has 0 fully saturated rings. The van der Waals surface area contributed by atoms with Crippen LogP contribution in [0.15, 0.2) is 24.3 Å². The summed E-state index contributed by atoms with van der Waals surface area (Å²) in [7, 11) is 1.64. The predicted molar refractivity (Wildman–Crippen MR) is 68.9 cm³/mol. The number of rotatable bonds is 6. The Morgan fingerprint density at radius 1 is 1.35 bits per heavy atom. The maximum absolute atomic E-state index is 11.7. The van der Waals surface area contributed by atoms with Crippen molar-refractivity contribution in [2.75, 3.05) is 7.11 Å². The first-order valence-electron chi connectivity index (χ1n) is 6.08. The van der Waals surface area contributed by atoms with Gasteiger partial charge in [-0.15, -0.1) is 0 Å². The van der Waals surface area contributed by atoms with Crippen LogP contribution in [0.4, 0.5) is 0 Å². The van der Waals surface area contributed by atoms with Gasteiger partial charge in [-0.2, -0.15) is 0 Å². The van der Waals surface area contributed by atoms with Crippen molar-refractivity contribution in [2.45, 2.75) is 33.2 Å². The molecule has 3 heteroatoms. The first-order valence-corrected chi connectivity index (χ1v) is 6.08. The zero-order valence-electron chi connectivity index (χ0n) is 10.8. The van der Waals surface area contributed by atoms with Gasteiger partial charge in [0.05, 0.1) is 7.11 Å². The van der Waals surface area contributed by atoms with Gasteiger partial charge in [0.2, 0.25) is 5.91 Å². The van der Waals surface area contributed by atoms with E-state index in [0.717, 1.165) is 24.2 Å². The van der Waals surface area contributed by atoms with E-state index in [1.165, 1.54) is 0 Å². The Balaban J connectivity index is 2.41. The summed E-state index contributed by atoms with van der Waals surface area (Å²) in [5, 5.41) is 2.94. The minimum Gasteiger partial charge on any atom is -0.497 e. The number of ether oxygens (including phenoxy) is 1. The van der Waals surface area contributed by atoms with E-state index in [2.05, 4.69) is 12.2 Å². The third kappa shape index (κ3) is 4.47. The van der Waals surface area contributed by atoms with Gasteiger partial charge in [-0.05, 0) is 24.1 Å². The molecule has 0 aliphatic carbocycles. The molecule has 0 bridgehead atoms. The minimum atomic E-state index is 0.0956. The largest absolute Gasteiger partial charge is 0.497 e. The quantitative estimate of drug-likeness (QED) is 0.823. The van der Waals surface area contributed by atoms with E-state index in [1.54, 1.807) is 7.11 Å². The molecule has 17 heavy (non-hydrogen) atoms. The molecule has 0 aliphatic rings. The monoisotopic (exact) mass is 235 g/mol. The highest BCUT2D eigenvalue weighted by atomic mass is 16.5. The maximum atomic E-state index is 11.7. The molecule has 1 unspecified atom stereocenters. The molecule has 0 spiro atoms. The SMILES string of the molecule is CCCC(C)C(=O)NCc1ccc(OC)cc1. The van der Waals surface area contributed by atoms with Crippen molar-refractivity contribution < 1.29 is 9.53 Å². The number of carbonyl (C=O) groups excluding carboxylic acids is 1. The summed E-state index contributed by atoms with van der Waals surface area (Å²) in [6, 6.07) is 7.72. The Labute approximate surface area is 103 Å². The van der Waals surface area contributed by atoms with Crippen LogP contribution in [0.3, 0.4) is 0 Å². The summed E-state index contributed by atoms with van der Waals surface area (Å²) in [6.07, 6.45) is 1.98. The van der Waals surface area contributed by atoms with Gasteiger partial charge >= 0.3 is 0 Å². The van der Waals surface area contributed by atoms with Crippen LogP contribution in [-0.4, -0.2) is 13.0 Å². The number of benzene rings is 1. The van der Waals surface area contributed by atoms with Crippen molar-refractivity contribution in [3.8, 4) is 5.75 Å². The van der Waals surface area contributed by atoms with Crippen molar-refractivity contribution >= 4 is 5.91 Å². The lowest BCUT2D eigenvalue weighted by molar-refractivity contribution is -0.124. The summed E-state index contributed by atoms with van der Waals surface area (Å²) in [5.41, 5.74) is 1.09. The molecule has 1 aromatic carbocycles. The molecule has 1 rings (SSSR count). The molecule has 0 saturated carbocycles. The fourth-order valence-corrected chi connectivity index (χ4v) is 1.67. The van der Waals surface area contributed by atoms with Gasteiger partial charge in [-0.1, -0.05) is 32.4 Å². The van der Waals surface area contributed by atoms with E-state index >= 15 is 0 Å². The Kier molecular flexibility index (Phi) is 5.53. The predicted octanol–water partition coefficient (Wildman–Crippen LogP) is 2.75. The molecule has 0 saturated heterocycles. The van der Waals surface area contributed by atoms with Crippen LogP contribution in [0.25, 0.3) is 0 Å². The zero-order chi connectivity index (χ0) is 12.7. The molecule has 1 N–H and O–H groups in total. The number of hydrogen-bond donors (Lipinski definition) is 1. The van der Waals surface area contributed by atoms with E-state index < -0.39 is 0 Å².